The van der Waals surface area contributed by atoms with E-state index < -0.39 is 0 Å². The van der Waals surface area contributed by atoms with E-state index in [1.807, 2.05) is 26.0 Å². The van der Waals surface area contributed by atoms with Gasteiger partial charge >= 0.3 is 0 Å². The van der Waals surface area contributed by atoms with Crippen molar-refractivity contribution in [1.82, 2.24) is 14.4 Å². The Morgan fingerprint density at radius 3 is 2.35 bits per heavy atom. The molecular formula is C24H27N3O3S. The van der Waals surface area contributed by atoms with Crippen LogP contribution in [0.2, 0.25) is 0 Å². The van der Waals surface area contributed by atoms with Crippen LogP contribution >= 0.6 is 11.8 Å². The van der Waals surface area contributed by atoms with Crippen molar-refractivity contribution in [2.75, 3.05) is 19.6 Å². The molecule has 2 aromatic rings. The first-order chi connectivity index (χ1) is 14.8. The molecule has 0 saturated carbocycles. The second kappa shape index (κ2) is 8.38. The SMILES string of the molecule is Cc1cccc(C)c1-n1c(C)cc(C=C2SC(=O)N(CC(=O)N3CCCC3)C2=O)c1C. The van der Waals surface area contributed by atoms with Crippen LogP contribution in [0.3, 0.4) is 0 Å². The summed E-state index contributed by atoms with van der Waals surface area (Å²) in [7, 11) is 0. The molecule has 0 atom stereocenters. The molecule has 3 amide bonds. The average molecular weight is 438 g/mol. The summed E-state index contributed by atoms with van der Waals surface area (Å²) in [5, 5.41) is -0.382. The van der Waals surface area contributed by atoms with Gasteiger partial charge in [-0.1, -0.05) is 18.2 Å². The molecule has 0 N–H and O–H groups in total. The van der Waals surface area contributed by atoms with Crippen molar-refractivity contribution in [2.24, 2.45) is 0 Å². The molecule has 31 heavy (non-hydrogen) atoms. The van der Waals surface area contributed by atoms with Gasteiger partial charge in [-0.2, -0.15) is 0 Å². The van der Waals surface area contributed by atoms with Gasteiger partial charge in [0.15, 0.2) is 0 Å². The molecular weight excluding hydrogens is 410 g/mol. The van der Waals surface area contributed by atoms with Crippen LogP contribution in [0.25, 0.3) is 11.8 Å². The Balaban J connectivity index is 1.61. The lowest BCUT2D eigenvalue weighted by Gasteiger charge is -2.18. The van der Waals surface area contributed by atoms with E-state index in [0.29, 0.717) is 18.0 Å². The van der Waals surface area contributed by atoms with Gasteiger partial charge in [0.25, 0.3) is 11.1 Å². The summed E-state index contributed by atoms with van der Waals surface area (Å²) in [6.45, 7) is 9.46. The Bertz CT molecular complexity index is 1090. The van der Waals surface area contributed by atoms with E-state index in [4.69, 9.17) is 0 Å². The number of carbonyl (C=O) groups excluding carboxylic acids is 3. The largest absolute Gasteiger partial charge is 0.341 e. The van der Waals surface area contributed by atoms with Gasteiger partial charge in [0, 0.05) is 24.5 Å². The zero-order chi connectivity index (χ0) is 22.3. The highest BCUT2D eigenvalue weighted by atomic mass is 32.2. The maximum atomic E-state index is 12.9. The van der Waals surface area contributed by atoms with Crippen LogP contribution in [0.4, 0.5) is 4.79 Å². The average Bonchev–Trinajstić information content (AvgIpc) is 3.41. The number of aryl methyl sites for hydroxylation is 3. The molecule has 2 fully saturated rings. The van der Waals surface area contributed by atoms with E-state index in [1.54, 1.807) is 11.0 Å². The molecule has 0 radical (unpaired) electrons. The summed E-state index contributed by atoms with van der Waals surface area (Å²) < 4.78 is 2.19. The monoisotopic (exact) mass is 437 g/mol. The molecule has 2 aliphatic heterocycles. The lowest BCUT2D eigenvalue weighted by atomic mass is 10.1. The predicted molar refractivity (Wildman–Crippen MR) is 123 cm³/mol. The zero-order valence-corrected chi connectivity index (χ0v) is 19.2. The molecule has 4 rings (SSSR count). The van der Waals surface area contributed by atoms with Crippen LogP contribution in [-0.2, 0) is 9.59 Å². The molecule has 2 saturated heterocycles. The van der Waals surface area contributed by atoms with E-state index in [2.05, 4.69) is 30.5 Å². The standard InChI is InChI=1S/C24H27N3O3S/c1-15-8-7-9-16(2)22(15)27-17(3)12-19(18(27)4)13-20-23(29)26(24(30)31-20)14-21(28)25-10-5-6-11-25/h7-9,12-13H,5-6,10-11,14H2,1-4H3. The van der Waals surface area contributed by atoms with Gasteiger partial charge in [0.05, 0.1) is 10.6 Å². The van der Waals surface area contributed by atoms with Gasteiger partial charge in [0.1, 0.15) is 6.54 Å². The Morgan fingerprint density at radius 1 is 1.06 bits per heavy atom. The lowest BCUT2D eigenvalue weighted by molar-refractivity contribution is -0.135. The third kappa shape index (κ3) is 3.94. The summed E-state index contributed by atoms with van der Waals surface area (Å²) in [5.41, 5.74) is 6.46. The van der Waals surface area contributed by atoms with Crippen molar-refractivity contribution < 1.29 is 14.4 Å². The van der Waals surface area contributed by atoms with Crippen molar-refractivity contribution in [3.63, 3.8) is 0 Å². The van der Waals surface area contributed by atoms with E-state index >= 15 is 0 Å². The summed E-state index contributed by atoms with van der Waals surface area (Å²) in [6.07, 6.45) is 3.73. The molecule has 1 aromatic heterocycles. The van der Waals surface area contributed by atoms with Crippen molar-refractivity contribution >= 4 is 34.9 Å². The molecule has 1 aromatic carbocycles. The number of para-hydroxylation sites is 1. The summed E-state index contributed by atoms with van der Waals surface area (Å²) >= 11 is 0.906. The maximum Gasteiger partial charge on any atom is 0.294 e. The first-order valence-electron chi connectivity index (χ1n) is 10.6. The van der Waals surface area contributed by atoms with Crippen molar-refractivity contribution in [3.8, 4) is 5.69 Å². The van der Waals surface area contributed by atoms with Crippen LogP contribution in [-0.4, -0.2) is 51.1 Å². The highest BCUT2D eigenvalue weighted by Crippen LogP contribution is 2.34. The Hall–Kier alpha value is -2.80. The van der Waals surface area contributed by atoms with Crippen molar-refractivity contribution in [2.45, 2.75) is 40.5 Å². The number of hydrogen-bond acceptors (Lipinski definition) is 4. The van der Waals surface area contributed by atoms with Crippen molar-refractivity contribution in [3.05, 3.63) is 57.2 Å². The minimum absolute atomic E-state index is 0.158. The molecule has 2 aliphatic rings. The minimum Gasteiger partial charge on any atom is -0.341 e. The Kier molecular flexibility index (Phi) is 5.79. The topological polar surface area (TPSA) is 62.6 Å². The molecule has 0 bridgehead atoms. The summed E-state index contributed by atoms with van der Waals surface area (Å²) in [5.74, 6) is -0.548. The highest BCUT2D eigenvalue weighted by Gasteiger charge is 2.37. The number of thioether (sulfide) groups is 1. The number of amides is 3. The number of benzene rings is 1. The van der Waals surface area contributed by atoms with Gasteiger partial charge < -0.3 is 9.47 Å². The number of carbonyl (C=O) groups is 3. The van der Waals surface area contributed by atoms with Crippen LogP contribution in [0.15, 0.2) is 29.2 Å². The van der Waals surface area contributed by atoms with Crippen molar-refractivity contribution in [1.29, 1.82) is 0 Å². The minimum atomic E-state index is -0.389. The number of nitrogens with zero attached hydrogens (tertiary/aromatic N) is 3. The normalized spacial score (nSPS) is 18.0. The fraction of sp³-hybridized carbons (Fsp3) is 0.375. The number of aromatic nitrogens is 1. The lowest BCUT2D eigenvalue weighted by Crippen LogP contribution is -2.40. The van der Waals surface area contributed by atoms with E-state index in [9.17, 15) is 14.4 Å². The third-order valence-electron chi connectivity index (χ3n) is 6.05. The zero-order valence-electron chi connectivity index (χ0n) is 18.4. The number of imide groups is 1. The first-order valence-corrected chi connectivity index (χ1v) is 11.4. The van der Waals surface area contributed by atoms with E-state index in [-0.39, 0.29) is 23.6 Å². The third-order valence-corrected chi connectivity index (χ3v) is 6.95. The molecule has 3 heterocycles. The fourth-order valence-electron chi connectivity index (χ4n) is 4.42. The molecule has 0 unspecified atom stereocenters. The van der Waals surface area contributed by atoms with E-state index in [1.165, 1.54) is 11.1 Å². The van der Waals surface area contributed by atoms with Gasteiger partial charge in [-0.3, -0.25) is 19.3 Å². The highest BCUT2D eigenvalue weighted by molar-refractivity contribution is 8.18. The summed E-state index contributed by atoms with van der Waals surface area (Å²) in [4.78, 5) is 40.9. The number of hydrogen-bond donors (Lipinski definition) is 0. The molecule has 0 spiro atoms. The van der Waals surface area contributed by atoms with Crippen LogP contribution < -0.4 is 0 Å². The smallest absolute Gasteiger partial charge is 0.294 e. The van der Waals surface area contributed by atoms with E-state index in [0.717, 1.165) is 52.1 Å². The Morgan fingerprint density at radius 2 is 1.71 bits per heavy atom. The second-order valence-corrected chi connectivity index (χ2v) is 9.25. The van der Waals surface area contributed by atoms with Gasteiger partial charge in [-0.25, -0.2) is 0 Å². The fourth-order valence-corrected chi connectivity index (χ4v) is 5.24. The molecule has 0 aliphatic carbocycles. The Labute approximate surface area is 186 Å². The summed E-state index contributed by atoms with van der Waals surface area (Å²) in [6, 6.07) is 8.25. The number of likely N-dealkylation sites (tertiary alicyclic amines) is 1. The maximum absolute atomic E-state index is 12.9. The second-order valence-electron chi connectivity index (χ2n) is 8.26. The van der Waals surface area contributed by atoms with Crippen LogP contribution in [0.1, 0.15) is 40.9 Å². The van der Waals surface area contributed by atoms with Crippen LogP contribution in [0.5, 0.6) is 0 Å². The number of rotatable bonds is 4. The first kappa shape index (κ1) is 21.4. The molecule has 6 nitrogen and oxygen atoms in total. The molecule has 162 valence electrons. The molecule has 7 heteroatoms. The van der Waals surface area contributed by atoms with Gasteiger partial charge in [-0.15, -0.1) is 0 Å². The predicted octanol–water partition coefficient (Wildman–Crippen LogP) is 4.37. The van der Waals surface area contributed by atoms with Crippen LogP contribution in [0, 0.1) is 27.7 Å². The van der Waals surface area contributed by atoms with Gasteiger partial charge in [0.2, 0.25) is 5.91 Å². The quantitative estimate of drug-likeness (QED) is 0.667. The van der Waals surface area contributed by atoms with Gasteiger partial charge in [-0.05, 0) is 81.1 Å².